The van der Waals surface area contributed by atoms with Crippen molar-refractivity contribution in [2.24, 2.45) is 0 Å². The number of rotatable bonds is 4. The van der Waals surface area contributed by atoms with Crippen LogP contribution in [0.4, 0.5) is 0 Å². The van der Waals surface area contributed by atoms with Crippen LogP contribution in [0.5, 0.6) is 0 Å². The van der Waals surface area contributed by atoms with Crippen molar-refractivity contribution in [3.63, 3.8) is 0 Å². The predicted octanol–water partition coefficient (Wildman–Crippen LogP) is 3.65. The minimum Gasteiger partial charge on any atom is -0.145 e. The van der Waals surface area contributed by atoms with E-state index in [4.69, 9.17) is 5.73 Å². The summed E-state index contributed by atoms with van der Waals surface area (Å²) in [5, 5.41) is 0. The fourth-order valence-corrected chi connectivity index (χ4v) is 2.79. The number of fused-ring (bicyclic) bond motifs is 3. The Morgan fingerprint density at radius 1 is 0.889 bits per heavy atom. The molecule has 1 heteroatoms. The third-order valence-electron chi connectivity index (χ3n) is 3.73. The zero-order valence-corrected chi connectivity index (χ0v) is 10.5. The van der Waals surface area contributed by atoms with Gasteiger partial charge in [0.1, 0.15) is 0 Å². The van der Waals surface area contributed by atoms with Gasteiger partial charge in [0.15, 0.2) is 0 Å². The van der Waals surface area contributed by atoms with Crippen molar-refractivity contribution in [3.05, 3.63) is 59.2 Å². The molecule has 18 heavy (non-hydrogen) atoms. The molecule has 2 aromatic rings. The van der Waals surface area contributed by atoms with E-state index in [-0.39, 0.29) is 0 Å². The summed E-state index contributed by atoms with van der Waals surface area (Å²) in [5.41, 5.74) is 15.9. The Kier molecular flexibility index (Phi) is 3.16. The highest BCUT2D eigenvalue weighted by Crippen LogP contribution is 2.36. The molecule has 0 unspecified atom stereocenters. The fourth-order valence-electron chi connectivity index (χ4n) is 2.79. The normalized spacial score (nSPS) is 12.3. The lowest BCUT2D eigenvalue weighted by Crippen LogP contribution is -1.91. The maximum atomic E-state index is 8.82. The first-order chi connectivity index (χ1) is 8.88. The van der Waals surface area contributed by atoms with Gasteiger partial charge in [-0.3, -0.25) is 0 Å². The zero-order chi connectivity index (χ0) is 12.4. The SMILES string of the molecule is [N]CCCCc1ccc2c(c1)Cc1ccccc1-2. The monoisotopic (exact) mass is 235 g/mol. The quantitative estimate of drug-likeness (QED) is 0.616. The van der Waals surface area contributed by atoms with Crippen LogP contribution in [0.1, 0.15) is 29.5 Å². The number of nitrogens with zero attached hydrogens (tertiary/aromatic N) is 1. The second kappa shape index (κ2) is 4.95. The summed E-state index contributed by atoms with van der Waals surface area (Å²) >= 11 is 0. The van der Waals surface area contributed by atoms with Gasteiger partial charge in [0.05, 0.1) is 0 Å². The molecule has 3 rings (SSSR count). The van der Waals surface area contributed by atoms with Gasteiger partial charge in [0.2, 0.25) is 0 Å². The number of benzene rings is 2. The molecular formula is C17H17N. The van der Waals surface area contributed by atoms with E-state index in [0.717, 1.165) is 25.7 Å². The molecule has 0 spiro atoms. The standard InChI is InChI=1S/C17H17N/c18-10-4-3-5-13-8-9-17-15(11-13)12-14-6-1-2-7-16(14)17/h1-2,6-9,11H,3-5,10,12H2. The van der Waals surface area contributed by atoms with Gasteiger partial charge < -0.3 is 0 Å². The largest absolute Gasteiger partial charge is 0.145 e. The second-order valence-corrected chi connectivity index (χ2v) is 5.01. The molecular weight excluding hydrogens is 218 g/mol. The van der Waals surface area contributed by atoms with E-state index in [1.807, 2.05) is 0 Å². The topological polar surface area (TPSA) is 22.3 Å². The molecule has 90 valence electrons. The van der Waals surface area contributed by atoms with Crippen molar-refractivity contribution in [1.82, 2.24) is 5.73 Å². The molecule has 2 aromatic carbocycles. The molecule has 0 saturated heterocycles. The molecule has 0 N–H and O–H groups in total. The van der Waals surface area contributed by atoms with Gasteiger partial charge in [-0.25, -0.2) is 0 Å². The second-order valence-electron chi connectivity index (χ2n) is 5.01. The lowest BCUT2D eigenvalue weighted by molar-refractivity contribution is 0.735. The summed E-state index contributed by atoms with van der Waals surface area (Å²) in [6.07, 6.45) is 4.11. The molecule has 1 aliphatic rings. The van der Waals surface area contributed by atoms with Crippen LogP contribution in [-0.2, 0) is 12.8 Å². The summed E-state index contributed by atoms with van der Waals surface area (Å²) in [6.45, 7) is 0.302. The van der Waals surface area contributed by atoms with E-state index < -0.39 is 0 Å². The van der Waals surface area contributed by atoms with Gasteiger partial charge in [0, 0.05) is 6.54 Å². The number of hydrogen-bond donors (Lipinski definition) is 0. The highest BCUT2D eigenvalue weighted by molar-refractivity contribution is 5.76. The summed E-state index contributed by atoms with van der Waals surface area (Å²) < 4.78 is 0. The number of unbranched alkanes of at least 4 members (excludes halogenated alkanes) is 1. The van der Waals surface area contributed by atoms with Gasteiger partial charge >= 0.3 is 0 Å². The Morgan fingerprint density at radius 3 is 2.61 bits per heavy atom. The first kappa shape index (κ1) is 11.5. The Hall–Kier alpha value is -1.60. The van der Waals surface area contributed by atoms with Gasteiger partial charge in [-0.1, -0.05) is 42.5 Å². The molecule has 0 amide bonds. The van der Waals surface area contributed by atoms with Crippen molar-refractivity contribution < 1.29 is 0 Å². The minimum absolute atomic E-state index is 0.302. The molecule has 0 bridgehead atoms. The van der Waals surface area contributed by atoms with Crippen LogP contribution in [0.3, 0.4) is 0 Å². The van der Waals surface area contributed by atoms with Crippen molar-refractivity contribution in [2.75, 3.05) is 6.54 Å². The molecule has 0 saturated carbocycles. The van der Waals surface area contributed by atoms with E-state index in [9.17, 15) is 0 Å². The van der Waals surface area contributed by atoms with Crippen molar-refractivity contribution in [2.45, 2.75) is 25.7 Å². The minimum atomic E-state index is 0.302. The number of hydrogen-bond acceptors (Lipinski definition) is 0. The molecule has 0 fully saturated rings. The van der Waals surface area contributed by atoms with Crippen LogP contribution in [0, 0.1) is 0 Å². The third-order valence-corrected chi connectivity index (χ3v) is 3.73. The Balaban J connectivity index is 1.84. The van der Waals surface area contributed by atoms with E-state index in [0.29, 0.717) is 6.54 Å². The third kappa shape index (κ3) is 2.06. The zero-order valence-electron chi connectivity index (χ0n) is 10.5. The van der Waals surface area contributed by atoms with Crippen LogP contribution < -0.4 is 5.73 Å². The van der Waals surface area contributed by atoms with E-state index in [1.165, 1.54) is 27.8 Å². The van der Waals surface area contributed by atoms with Gasteiger partial charge in [0.25, 0.3) is 0 Å². The van der Waals surface area contributed by atoms with Gasteiger partial charge in [-0.15, -0.1) is 5.73 Å². The Labute approximate surface area is 109 Å². The lowest BCUT2D eigenvalue weighted by atomic mass is 10.0. The maximum absolute atomic E-state index is 8.82. The number of aryl methyl sites for hydroxylation is 1. The average molecular weight is 235 g/mol. The molecule has 1 aliphatic carbocycles. The molecule has 0 aliphatic heterocycles. The fraction of sp³-hybridized carbons (Fsp3) is 0.294. The van der Waals surface area contributed by atoms with Crippen LogP contribution in [0.25, 0.3) is 11.1 Å². The van der Waals surface area contributed by atoms with Crippen LogP contribution in [-0.4, -0.2) is 6.54 Å². The van der Waals surface area contributed by atoms with E-state index in [1.54, 1.807) is 0 Å². The molecule has 2 radical (unpaired) electrons. The molecule has 0 atom stereocenters. The molecule has 1 nitrogen and oxygen atoms in total. The summed E-state index contributed by atoms with van der Waals surface area (Å²) in [5.74, 6) is 0. The summed E-state index contributed by atoms with van der Waals surface area (Å²) in [6, 6.07) is 15.5. The van der Waals surface area contributed by atoms with Crippen molar-refractivity contribution in [3.8, 4) is 11.1 Å². The highest BCUT2D eigenvalue weighted by atomic mass is 14.5. The highest BCUT2D eigenvalue weighted by Gasteiger charge is 2.17. The van der Waals surface area contributed by atoms with Crippen molar-refractivity contribution >= 4 is 0 Å². The van der Waals surface area contributed by atoms with Gasteiger partial charge in [-0.05, 0) is 53.5 Å². The lowest BCUT2D eigenvalue weighted by Gasteiger charge is -2.05. The van der Waals surface area contributed by atoms with Crippen molar-refractivity contribution in [1.29, 1.82) is 0 Å². The van der Waals surface area contributed by atoms with E-state index in [2.05, 4.69) is 42.5 Å². The van der Waals surface area contributed by atoms with Crippen LogP contribution in [0.15, 0.2) is 42.5 Å². The summed E-state index contributed by atoms with van der Waals surface area (Å²) in [7, 11) is 0. The van der Waals surface area contributed by atoms with Gasteiger partial charge in [-0.2, -0.15) is 0 Å². The Bertz CT molecular complexity index is 557. The maximum Gasteiger partial charge on any atom is 0.0321 e. The first-order valence-corrected chi connectivity index (χ1v) is 6.69. The van der Waals surface area contributed by atoms with Crippen LogP contribution >= 0.6 is 0 Å². The first-order valence-electron chi connectivity index (χ1n) is 6.69. The summed E-state index contributed by atoms with van der Waals surface area (Å²) in [4.78, 5) is 0. The van der Waals surface area contributed by atoms with E-state index >= 15 is 0 Å². The average Bonchev–Trinajstić information content (AvgIpc) is 2.76. The Morgan fingerprint density at radius 2 is 1.72 bits per heavy atom. The predicted molar refractivity (Wildman–Crippen MR) is 74.6 cm³/mol. The molecule has 0 aromatic heterocycles. The smallest absolute Gasteiger partial charge is 0.0321 e. The van der Waals surface area contributed by atoms with Crippen LogP contribution in [0.2, 0.25) is 0 Å². The molecule has 0 heterocycles.